The van der Waals surface area contributed by atoms with Crippen molar-refractivity contribution in [2.75, 3.05) is 14.2 Å². The normalized spacial score (nSPS) is 11.3. The van der Waals surface area contributed by atoms with Crippen molar-refractivity contribution in [3.8, 4) is 23.0 Å². The molecule has 0 bridgehead atoms. The van der Waals surface area contributed by atoms with Crippen molar-refractivity contribution in [1.82, 2.24) is 0 Å². The van der Waals surface area contributed by atoms with E-state index in [1.807, 2.05) is 24.3 Å². The first-order valence-electron chi connectivity index (χ1n) is 8.24. The van der Waals surface area contributed by atoms with Crippen LogP contribution in [0.4, 0.5) is 0 Å². The zero-order chi connectivity index (χ0) is 20.0. The quantitative estimate of drug-likeness (QED) is 0.419. The van der Waals surface area contributed by atoms with Crippen LogP contribution < -0.4 is 18.9 Å². The minimum atomic E-state index is -0.487. The van der Waals surface area contributed by atoms with Crippen LogP contribution in [0, 0.1) is 0 Å². The van der Waals surface area contributed by atoms with Crippen LogP contribution in [-0.4, -0.2) is 26.2 Å². The molecule has 0 fully saturated rings. The summed E-state index contributed by atoms with van der Waals surface area (Å²) >= 11 is 0. The molecule has 142 valence electrons. The van der Waals surface area contributed by atoms with Crippen molar-refractivity contribution in [3.05, 3.63) is 60.2 Å². The lowest BCUT2D eigenvalue weighted by molar-refractivity contribution is -0.133. The summed E-state index contributed by atoms with van der Waals surface area (Å²) in [4.78, 5) is 23.0. The smallest absolute Gasteiger partial charge is 0.308 e. The molecule has 0 aliphatic heterocycles. The highest BCUT2D eigenvalue weighted by Gasteiger charge is 2.22. The average Bonchev–Trinajstić information content (AvgIpc) is 2.63. The molecule has 2 aromatic rings. The maximum absolute atomic E-state index is 11.6. The van der Waals surface area contributed by atoms with E-state index < -0.39 is 11.9 Å². The second-order valence-electron chi connectivity index (χ2n) is 5.71. The molecule has 0 saturated heterocycles. The average molecular weight is 370 g/mol. The molecule has 0 aliphatic rings. The Labute approximate surface area is 158 Å². The summed E-state index contributed by atoms with van der Waals surface area (Å²) in [5.41, 5.74) is 1.51. The van der Waals surface area contributed by atoms with Crippen molar-refractivity contribution in [3.63, 3.8) is 0 Å². The molecule has 0 saturated carbocycles. The van der Waals surface area contributed by atoms with Crippen molar-refractivity contribution in [2.24, 2.45) is 0 Å². The molecule has 0 radical (unpaired) electrons. The second kappa shape index (κ2) is 8.89. The molecule has 2 aromatic carbocycles. The van der Waals surface area contributed by atoms with Gasteiger partial charge >= 0.3 is 11.9 Å². The molecule has 0 aliphatic carbocycles. The van der Waals surface area contributed by atoms with Crippen molar-refractivity contribution in [2.45, 2.75) is 19.8 Å². The SMILES string of the molecule is C=C[C@@H](c1ccc(OC)cc1)c1cc(OC(C)=O)c(OC)cc1OC(C)=O. The van der Waals surface area contributed by atoms with E-state index in [1.54, 1.807) is 19.3 Å². The Morgan fingerprint density at radius 1 is 0.889 bits per heavy atom. The summed E-state index contributed by atoms with van der Waals surface area (Å²) in [5, 5.41) is 0. The van der Waals surface area contributed by atoms with Gasteiger partial charge in [0.15, 0.2) is 11.5 Å². The molecule has 2 rings (SSSR count). The van der Waals surface area contributed by atoms with Gasteiger partial charge in [-0.25, -0.2) is 0 Å². The van der Waals surface area contributed by atoms with Crippen molar-refractivity contribution in [1.29, 1.82) is 0 Å². The number of carbonyl (C=O) groups excluding carboxylic acids is 2. The molecule has 0 spiro atoms. The molecule has 1 atom stereocenters. The first-order valence-corrected chi connectivity index (χ1v) is 8.24. The van der Waals surface area contributed by atoms with Gasteiger partial charge in [-0.2, -0.15) is 0 Å². The molecule has 0 amide bonds. The van der Waals surface area contributed by atoms with E-state index in [4.69, 9.17) is 18.9 Å². The van der Waals surface area contributed by atoms with E-state index in [0.29, 0.717) is 11.3 Å². The number of rotatable bonds is 7. The first kappa shape index (κ1) is 20.0. The highest BCUT2D eigenvalue weighted by molar-refractivity contribution is 5.73. The van der Waals surface area contributed by atoms with Crippen LogP contribution in [0.1, 0.15) is 30.9 Å². The molecule has 6 nitrogen and oxygen atoms in total. The summed E-state index contributed by atoms with van der Waals surface area (Å²) in [7, 11) is 3.03. The fourth-order valence-corrected chi connectivity index (χ4v) is 2.69. The number of methoxy groups -OCH3 is 2. The summed E-state index contributed by atoms with van der Waals surface area (Å²) in [6, 6.07) is 10.6. The molecule has 0 unspecified atom stereocenters. The van der Waals surface area contributed by atoms with Gasteiger partial charge < -0.3 is 18.9 Å². The lowest BCUT2D eigenvalue weighted by atomic mass is 9.90. The Morgan fingerprint density at radius 2 is 1.48 bits per heavy atom. The van der Waals surface area contributed by atoms with Crippen LogP contribution in [0.25, 0.3) is 0 Å². The Bertz CT molecular complexity index is 838. The summed E-state index contributed by atoms with van der Waals surface area (Å²) in [5.74, 6) is 0.257. The maximum atomic E-state index is 11.6. The van der Waals surface area contributed by atoms with Crippen LogP contribution in [0.15, 0.2) is 49.1 Å². The fraction of sp³-hybridized carbons (Fsp3) is 0.238. The van der Waals surface area contributed by atoms with Gasteiger partial charge in [0.05, 0.1) is 14.2 Å². The van der Waals surface area contributed by atoms with E-state index in [9.17, 15) is 9.59 Å². The van der Waals surface area contributed by atoms with E-state index >= 15 is 0 Å². The van der Waals surface area contributed by atoms with E-state index in [1.165, 1.54) is 27.0 Å². The Balaban J connectivity index is 2.61. The minimum absolute atomic E-state index is 0.233. The fourth-order valence-electron chi connectivity index (χ4n) is 2.69. The largest absolute Gasteiger partial charge is 0.497 e. The number of carbonyl (C=O) groups is 2. The van der Waals surface area contributed by atoms with Crippen molar-refractivity contribution < 1.29 is 28.5 Å². The van der Waals surface area contributed by atoms with E-state index in [-0.39, 0.29) is 17.4 Å². The van der Waals surface area contributed by atoms with Crippen LogP contribution >= 0.6 is 0 Å². The third kappa shape index (κ3) is 4.88. The minimum Gasteiger partial charge on any atom is -0.497 e. The predicted octanol–water partition coefficient (Wildman–Crippen LogP) is 3.87. The maximum Gasteiger partial charge on any atom is 0.308 e. The number of esters is 2. The predicted molar refractivity (Wildman–Crippen MR) is 101 cm³/mol. The second-order valence-corrected chi connectivity index (χ2v) is 5.71. The molecule has 0 heterocycles. The van der Waals surface area contributed by atoms with Gasteiger partial charge in [0.2, 0.25) is 0 Å². The van der Waals surface area contributed by atoms with E-state index in [0.717, 1.165) is 11.3 Å². The molecular weight excluding hydrogens is 348 g/mol. The number of benzene rings is 2. The van der Waals surface area contributed by atoms with Gasteiger partial charge in [0, 0.05) is 31.4 Å². The molecular formula is C21H22O6. The monoisotopic (exact) mass is 370 g/mol. The number of allylic oxidation sites excluding steroid dienone is 1. The zero-order valence-corrected chi connectivity index (χ0v) is 15.8. The Hall–Kier alpha value is -3.28. The lowest BCUT2D eigenvalue weighted by Crippen LogP contribution is -2.09. The lowest BCUT2D eigenvalue weighted by Gasteiger charge is -2.20. The number of hydrogen-bond acceptors (Lipinski definition) is 6. The highest BCUT2D eigenvalue weighted by atomic mass is 16.6. The van der Waals surface area contributed by atoms with E-state index in [2.05, 4.69) is 6.58 Å². The number of hydrogen-bond donors (Lipinski definition) is 0. The highest BCUT2D eigenvalue weighted by Crippen LogP contribution is 2.41. The Kier molecular flexibility index (Phi) is 6.60. The molecule has 27 heavy (non-hydrogen) atoms. The third-order valence-corrected chi connectivity index (χ3v) is 3.85. The molecule has 0 N–H and O–H groups in total. The topological polar surface area (TPSA) is 71.1 Å². The third-order valence-electron chi connectivity index (χ3n) is 3.85. The van der Waals surface area contributed by atoms with Gasteiger partial charge in [-0.3, -0.25) is 9.59 Å². The summed E-state index contributed by atoms with van der Waals surface area (Å²) < 4.78 is 21.1. The zero-order valence-electron chi connectivity index (χ0n) is 15.8. The Morgan fingerprint density at radius 3 is 1.96 bits per heavy atom. The van der Waals surface area contributed by atoms with Crippen LogP contribution in [0.3, 0.4) is 0 Å². The van der Waals surface area contributed by atoms with Gasteiger partial charge in [0.1, 0.15) is 11.5 Å². The van der Waals surface area contributed by atoms with Crippen molar-refractivity contribution >= 4 is 11.9 Å². The first-order chi connectivity index (χ1) is 12.9. The van der Waals surface area contributed by atoms with Crippen LogP contribution in [-0.2, 0) is 9.59 Å². The van der Waals surface area contributed by atoms with Gasteiger partial charge in [-0.05, 0) is 23.8 Å². The number of ether oxygens (including phenoxy) is 4. The van der Waals surface area contributed by atoms with Crippen LogP contribution in [0.2, 0.25) is 0 Å². The molecule has 0 aromatic heterocycles. The standard InChI is InChI=1S/C21H22O6/c1-6-17(15-7-9-16(24-4)10-8-15)18-11-21(27-14(3)23)20(25-5)12-19(18)26-13(2)22/h6-12,17H,1H2,2-5H3/t17-/m0/s1. The molecule has 6 heteroatoms. The van der Waals surface area contributed by atoms with Gasteiger partial charge in [-0.15, -0.1) is 6.58 Å². The summed E-state index contributed by atoms with van der Waals surface area (Å²) in [6.45, 7) is 6.51. The summed E-state index contributed by atoms with van der Waals surface area (Å²) in [6.07, 6.45) is 1.72. The van der Waals surface area contributed by atoms with Gasteiger partial charge in [0.25, 0.3) is 0 Å². The van der Waals surface area contributed by atoms with Crippen LogP contribution in [0.5, 0.6) is 23.0 Å². The van der Waals surface area contributed by atoms with Gasteiger partial charge in [-0.1, -0.05) is 18.2 Å².